The first-order valence-corrected chi connectivity index (χ1v) is 11.2. The van der Waals surface area contributed by atoms with Gasteiger partial charge in [0, 0.05) is 39.6 Å². The van der Waals surface area contributed by atoms with Crippen LogP contribution < -0.4 is 10.5 Å². The predicted octanol–water partition coefficient (Wildman–Crippen LogP) is 5.70. The van der Waals surface area contributed by atoms with Gasteiger partial charge in [-0.2, -0.15) is 4.39 Å². The van der Waals surface area contributed by atoms with E-state index < -0.39 is 11.5 Å². The van der Waals surface area contributed by atoms with Gasteiger partial charge in [0.25, 0.3) is 0 Å². The van der Waals surface area contributed by atoms with Crippen LogP contribution >= 0.6 is 0 Å². The lowest BCUT2D eigenvalue weighted by Gasteiger charge is -2.37. The molecule has 0 radical (unpaired) electrons. The molecule has 0 aliphatic carbocycles. The molecule has 1 atom stereocenters. The second-order valence-corrected chi connectivity index (χ2v) is 9.72. The smallest absolute Gasteiger partial charge is 0.220 e. The average molecular weight is 451 g/mol. The largest absolute Gasteiger partial charge is 0.455 e. The van der Waals surface area contributed by atoms with Crippen molar-refractivity contribution in [3.8, 4) is 22.6 Å². The number of ether oxygens (including phenoxy) is 1. The summed E-state index contributed by atoms with van der Waals surface area (Å²) in [6, 6.07) is 19.1. The quantitative estimate of drug-likeness (QED) is 0.378. The third-order valence-electron chi connectivity index (χ3n) is 6.57. The van der Waals surface area contributed by atoms with Crippen molar-refractivity contribution in [2.24, 2.45) is 10.7 Å². The number of aromatic nitrogens is 2. The number of nitrogens with zero attached hydrogens (tertiary/aromatic N) is 3. The summed E-state index contributed by atoms with van der Waals surface area (Å²) in [5.41, 5.74) is 10.9. The number of halogens is 1. The summed E-state index contributed by atoms with van der Waals surface area (Å²) < 4.78 is 20.9. The topological polar surface area (TPSA) is 73.4 Å². The van der Waals surface area contributed by atoms with Gasteiger partial charge in [0.05, 0.1) is 6.20 Å². The van der Waals surface area contributed by atoms with E-state index >= 15 is 0 Å². The Morgan fingerprint density at radius 3 is 2.41 bits per heavy atom. The van der Waals surface area contributed by atoms with Gasteiger partial charge in [-0.05, 0) is 41.5 Å². The number of aliphatic imine (C=N–C) groups is 1. The predicted molar refractivity (Wildman–Crippen MR) is 130 cm³/mol. The van der Waals surface area contributed by atoms with Crippen LogP contribution in [0.4, 0.5) is 4.39 Å². The molecular formula is C28H23FN4O. The molecule has 2 aromatic heterocycles. The van der Waals surface area contributed by atoms with Crippen LogP contribution in [0.5, 0.6) is 11.5 Å². The Labute approximate surface area is 197 Å². The fourth-order valence-corrected chi connectivity index (χ4v) is 4.88. The van der Waals surface area contributed by atoms with E-state index in [2.05, 4.69) is 36.8 Å². The van der Waals surface area contributed by atoms with Gasteiger partial charge in [-0.15, -0.1) is 0 Å². The molecule has 0 amide bonds. The highest BCUT2D eigenvalue weighted by Gasteiger charge is 2.49. The Bertz CT molecular complexity index is 1500. The second kappa shape index (κ2) is 6.97. The first-order chi connectivity index (χ1) is 16.3. The van der Waals surface area contributed by atoms with Gasteiger partial charge in [-0.25, -0.2) is 9.98 Å². The summed E-state index contributed by atoms with van der Waals surface area (Å²) >= 11 is 0. The monoisotopic (exact) mass is 450 g/mol. The van der Waals surface area contributed by atoms with Crippen LogP contribution in [0.1, 0.15) is 48.7 Å². The van der Waals surface area contributed by atoms with E-state index in [9.17, 15) is 4.39 Å². The minimum atomic E-state index is -0.929. The van der Waals surface area contributed by atoms with Crippen molar-refractivity contribution in [1.29, 1.82) is 0 Å². The zero-order chi connectivity index (χ0) is 23.7. The molecule has 0 saturated heterocycles. The van der Waals surface area contributed by atoms with E-state index in [1.54, 1.807) is 18.3 Å². The lowest BCUT2D eigenvalue weighted by atomic mass is 9.74. The summed E-state index contributed by atoms with van der Waals surface area (Å²) in [4.78, 5) is 13.6. The summed E-state index contributed by atoms with van der Waals surface area (Å²) in [5.74, 6) is 1.21. The van der Waals surface area contributed by atoms with E-state index in [1.165, 1.54) is 6.20 Å². The molecule has 2 N–H and O–H groups in total. The van der Waals surface area contributed by atoms with Crippen LogP contribution in [0, 0.1) is 5.95 Å². The fraction of sp³-hybridized carbons (Fsp3) is 0.179. The highest BCUT2D eigenvalue weighted by atomic mass is 19.1. The van der Waals surface area contributed by atoms with Crippen LogP contribution in [-0.4, -0.2) is 15.8 Å². The van der Waals surface area contributed by atoms with Crippen molar-refractivity contribution in [3.05, 3.63) is 107 Å². The zero-order valence-electron chi connectivity index (χ0n) is 19.1. The normalized spacial score (nSPS) is 18.1. The Morgan fingerprint density at radius 2 is 1.62 bits per heavy atom. The van der Waals surface area contributed by atoms with Crippen LogP contribution in [0.3, 0.4) is 0 Å². The molecule has 2 aliphatic heterocycles. The van der Waals surface area contributed by atoms with Crippen LogP contribution in [0.2, 0.25) is 0 Å². The highest BCUT2D eigenvalue weighted by Crippen LogP contribution is 2.56. The Kier molecular flexibility index (Phi) is 4.21. The first kappa shape index (κ1) is 20.5. The van der Waals surface area contributed by atoms with E-state index in [1.807, 2.05) is 42.5 Å². The number of nitrogens with two attached hydrogens (primary N) is 1. The maximum Gasteiger partial charge on any atom is 0.220 e. The van der Waals surface area contributed by atoms with Gasteiger partial charge in [0.1, 0.15) is 17.1 Å². The molecule has 2 aliphatic rings. The number of fused-ring (bicyclic) bond motifs is 6. The van der Waals surface area contributed by atoms with Crippen molar-refractivity contribution >= 4 is 5.84 Å². The average Bonchev–Trinajstić information content (AvgIpc) is 3.12. The SMILES string of the molecule is CC(C)(C)c1cc2c(cn1)Oc1ccc(-c3cccnc3F)cc1C21N=C(N)c2ccccc21. The molecule has 0 bridgehead atoms. The Balaban J connectivity index is 1.69. The highest BCUT2D eigenvalue weighted by molar-refractivity contribution is 6.03. The van der Waals surface area contributed by atoms with Crippen molar-refractivity contribution in [2.75, 3.05) is 0 Å². The molecule has 34 heavy (non-hydrogen) atoms. The molecule has 168 valence electrons. The number of hydrogen-bond donors (Lipinski definition) is 1. The van der Waals surface area contributed by atoms with Crippen molar-refractivity contribution in [3.63, 3.8) is 0 Å². The van der Waals surface area contributed by atoms with Crippen molar-refractivity contribution < 1.29 is 9.13 Å². The van der Waals surface area contributed by atoms with E-state index in [0.717, 1.165) is 27.9 Å². The molecule has 5 nitrogen and oxygen atoms in total. The molecule has 0 fully saturated rings. The Morgan fingerprint density at radius 1 is 0.853 bits per heavy atom. The molecule has 4 heterocycles. The molecule has 2 aromatic carbocycles. The van der Waals surface area contributed by atoms with E-state index in [-0.39, 0.29) is 5.41 Å². The van der Waals surface area contributed by atoms with Gasteiger partial charge >= 0.3 is 0 Å². The van der Waals surface area contributed by atoms with E-state index in [0.29, 0.717) is 28.5 Å². The lowest BCUT2D eigenvalue weighted by Crippen LogP contribution is -2.30. The molecule has 6 heteroatoms. The zero-order valence-corrected chi connectivity index (χ0v) is 19.1. The van der Waals surface area contributed by atoms with Gasteiger partial charge in [-0.1, -0.05) is 51.1 Å². The maximum atomic E-state index is 14.6. The van der Waals surface area contributed by atoms with Crippen LogP contribution in [0.15, 0.2) is 78.0 Å². The lowest BCUT2D eigenvalue weighted by molar-refractivity contribution is 0.419. The van der Waals surface area contributed by atoms with Crippen molar-refractivity contribution in [2.45, 2.75) is 31.7 Å². The van der Waals surface area contributed by atoms with Gasteiger partial charge in [0.2, 0.25) is 5.95 Å². The molecule has 4 aromatic rings. The minimum Gasteiger partial charge on any atom is -0.455 e. The van der Waals surface area contributed by atoms with Crippen molar-refractivity contribution in [1.82, 2.24) is 9.97 Å². The summed E-state index contributed by atoms with van der Waals surface area (Å²) in [6.45, 7) is 6.36. The van der Waals surface area contributed by atoms with Crippen LogP contribution in [0.25, 0.3) is 11.1 Å². The second-order valence-electron chi connectivity index (χ2n) is 9.72. The summed E-state index contributed by atoms with van der Waals surface area (Å²) in [6.07, 6.45) is 3.21. The summed E-state index contributed by atoms with van der Waals surface area (Å²) in [7, 11) is 0. The number of benzene rings is 2. The van der Waals surface area contributed by atoms with Gasteiger partial charge < -0.3 is 10.5 Å². The number of hydrogen-bond acceptors (Lipinski definition) is 5. The molecule has 0 saturated carbocycles. The van der Waals surface area contributed by atoms with Gasteiger partial charge in [-0.3, -0.25) is 4.98 Å². The number of pyridine rings is 2. The molecule has 1 unspecified atom stereocenters. The first-order valence-electron chi connectivity index (χ1n) is 11.2. The molecular weight excluding hydrogens is 427 g/mol. The standard InChI is InChI=1S/C28H23FN4O/c1-27(2,3)24-14-21-23(15-32-24)34-22-11-10-16(17-8-6-12-31-25(17)29)13-20(22)28(21)19-9-5-4-7-18(19)26(30)33-28/h4-15H,1-3H3,(H2,30,33). The fourth-order valence-electron chi connectivity index (χ4n) is 4.88. The summed E-state index contributed by atoms with van der Waals surface area (Å²) in [5, 5.41) is 0. The maximum absolute atomic E-state index is 14.6. The number of amidine groups is 1. The van der Waals surface area contributed by atoms with Gasteiger partial charge in [0.15, 0.2) is 5.75 Å². The van der Waals surface area contributed by atoms with Crippen LogP contribution in [-0.2, 0) is 11.0 Å². The minimum absolute atomic E-state index is 0.176. The molecule has 1 spiro atoms. The third-order valence-corrected chi connectivity index (χ3v) is 6.57. The number of rotatable bonds is 1. The third kappa shape index (κ3) is 2.81. The van der Waals surface area contributed by atoms with E-state index in [4.69, 9.17) is 15.5 Å². The Hall–Kier alpha value is -4.06. The molecule has 6 rings (SSSR count).